The van der Waals surface area contributed by atoms with E-state index in [0.717, 1.165) is 0 Å². The summed E-state index contributed by atoms with van der Waals surface area (Å²) in [4.78, 5) is 15.4. The van der Waals surface area contributed by atoms with Gasteiger partial charge in [0.05, 0.1) is 13.3 Å². The van der Waals surface area contributed by atoms with Crippen molar-refractivity contribution in [2.45, 2.75) is 6.92 Å². The first-order chi connectivity index (χ1) is 7.67. The standard InChI is InChI=1S/C10H8N4O2/c1-6-3-8(10(15)16-2)13-9-7(4-11)5-12-14(6)9/h3,5H,1-2H3. The van der Waals surface area contributed by atoms with E-state index in [2.05, 4.69) is 14.8 Å². The Hall–Kier alpha value is -2.42. The van der Waals surface area contributed by atoms with E-state index >= 15 is 0 Å². The summed E-state index contributed by atoms with van der Waals surface area (Å²) in [6.45, 7) is 1.77. The first kappa shape index (κ1) is 10.1. The maximum absolute atomic E-state index is 11.3. The van der Waals surface area contributed by atoms with Gasteiger partial charge < -0.3 is 4.74 Å². The number of carbonyl (C=O) groups is 1. The number of nitriles is 1. The zero-order valence-corrected chi connectivity index (χ0v) is 8.76. The number of rotatable bonds is 1. The number of hydrogen-bond donors (Lipinski definition) is 0. The van der Waals surface area contributed by atoms with Gasteiger partial charge in [0.1, 0.15) is 11.6 Å². The van der Waals surface area contributed by atoms with Crippen molar-refractivity contribution < 1.29 is 9.53 Å². The topological polar surface area (TPSA) is 80.3 Å². The van der Waals surface area contributed by atoms with Crippen LogP contribution in [0.15, 0.2) is 12.3 Å². The van der Waals surface area contributed by atoms with Crippen LogP contribution in [0, 0.1) is 18.3 Å². The van der Waals surface area contributed by atoms with Gasteiger partial charge in [0.15, 0.2) is 11.3 Å². The molecule has 0 aliphatic heterocycles. The van der Waals surface area contributed by atoms with Crippen LogP contribution in [0.1, 0.15) is 21.7 Å². The molecule has 0 radical (unpaired) electrons. The van der Waals surface area contributed by atoms with Crippen molar-refractivity contribution in [1.29, 1.82) is 5.26 Å². The van der Waals surface area contributed by atoms with Crippen LogP contribution in [0.2, 0.25) is 0 Å². The van der Waals surface area contributed by atoms with E-state index in [1.807, 2.05) is 6.07 Å². The van der Waals surface area contributed by atoms with E-state index in [1.165, 1.54) is 17.8 Å². The Kier molecular flexibility index (Phi) is 2.29. The molecule has 0 saturated heterocycles. The maximum atomic E-state index is 11.3. The first-order valence-electron chi connectivity index (χ1n) is 4.51. The highest BCUT2D eigenvalue weighted by Gasteiger charge is 2.13. The molecule has 0 atom stereocenters. The van der Waals surface area contributed by atoms with Crippen molar-refractivity contribution in [2.24, 2.45) is 0 Å². The molecule has 0 N–H and O–H groups in total. The minimum absolute atomic E-state index is 0.171. The molecule has 0 spiro atoms. The molecule has 80 valence electrons. The fraction of sp³-hybridized carbons (Fsp3) is 0.200. The average Bonchev–Trinajstić information content (AvgIpc) is 2.71. The lowest BCUT2D eigenvalue weighted by Crippen LogP contribution is -2.08. The van der Waals surface area contributed by atoms with E-state index in [1.54, 1.807) is 13.0 Å². The zero-order chi connectivity index (χ0) is 11.7. The van der Waals surface area contributed by atoms with Gasteiger partial charge >= 0.3 is 5.97 Å². The Labute approximate surface area is 91.1 Å². The molecule has 6 nitrogen and oxygen atoms in total. The smallest absolute Gasteiger partial charge is 0.356 e. The van der Waals surface area contributed by atoms with Crippen LogP contribution in [0.5, 0.6) is 0 Å². The number of aromatic nitrogens is 3. The molecule has 2 heterocycles. The summed E-state index contributed by atoms with van der Waals surface area (Å²) in [7, 11) is 1.28. The lowest BCUT2D eigenvalue weighted by Gasteiger charge is -2.02. The van der Waals surface area contributed by atoms with Crippen LogP contribution in [0.25, 0.3) is 5.65 Å². The van der Waals surface area contributed by atoms with Crippen molar-refractivity contribution in [2.75, 3.05) is 7.11 Å². The number of esters is 1. The molecule has 2 rings (SSSR count). The number of nitrogens with zero attached hydrogens (tertiary/aromatic N) is 4. The minimum Gasteiger partial charge on any atom is -0.464 e. The number of carbonyl (C=O) groups excluding carboxylic acids is 1. The fourth-order valence-electron chi connectivity index (χ4n) is 1.40. The van der Waals surface area contributed by atoms with Crippen LogP contribution in [-0.2, 0) is 4.74 Å². The van der Waals surface area contributed by atoms with E-state index in [4.69, 9.17) is 5.26 Å². The molecule has 0 aromatic carbocycles. The Balaban J connectivity index is 2.74. The summed E-state index contributed by atoms with van der Waals surface area (Å²) in [5.74, 6) is -0.532. The van der Waals surface area contributed by atoms with Crippen LogP contribution < -0.4 is 0 Å². The second-order valence-corrected chi connectivity index (χ2v) is 3.18. The van der Waals surface area contributed by atoms with E-state index in [0.29, 0.717) is 16.9 Å². The molecule has 0 unspecified atom stereocenters. The molecule has 0 aliphatic carbocycles. The third kappa shape index (κ3) is 1.39. The normalized spacial score (nSPS) is 10.1. The van der Waals surface area contributed by atoms with Crippen LogP contribution in [0.3, 0.4) is 0 Å². The van der Waals surface area contributed by atoms with Gasteiger partial charge in [0.25, 0.3) is 0 Å². The molecule has 0 aliphatic rings. The van der Waals surface area contributed by atoms with Crippen LogP contribution in [-0.4, -0.2) is 27.7 Å². The Bertz CT molecular complexity index is 609. The third-order valence-corrected chi connectivity index (χ3v) is 2.16. The van der Waals surface area contributed by atoms with Gasteiger partial charge in [0.2, 0.25) is 0 Å². The van der Waals surface area contributed by atoms with Gasteiger partial charge in [-0.1, -0.05) is 0 Å². The number of aryl methyl sites for hydroxylation is 1. The predicted octanol–water partition coefficient (Wildman–Crippen LogP) is 0.696. The highest BCUT2D eigenvalue weighted by Crippen LogP contribution is 2.11. The summed E-state index contributed by atoms with van der Waals surface area (Å²) in [6.07, 6.45) is 1.41. The molecular formula is C10H8N4O2. The van der Waals surface area contributed by atoms with Gasteiger partial charge in [-0.2, -0.15) is 10.4 Å². The lowest BCUT2D eigenvalue weighted by atomic mass is 10.3. The summed E-state index contributed by atoms with van der Waals surface area (Å²) in [5, 5.41) is 12.8. The molecule has 0 fully saturated rings. The third-order valence-electron chi connectivity index (χ3n) is 2.16. The molecule has 2 aromatic rings. The van der Waals surface area contributed by atoms with Gasteiger partial charge in [-0.15, -0.1) is 0 Å². The zero-order valence-electron chi connectivity index (χ0n) is 8.76. The van der Waals surface area contributed by atoms with Crippen LogP contribution >= 0.6 is 0 Å². The molecule has 0 amide bonds. The summed E-state index contributed by atoms with van der Waals surface area (Å²) in [5.41, 5.74) is 1.58. The predicted molar refractivity (Wildman–Crippen MR) is 53.8 cm³/mol. The minimum atomic E-state index is -0.532. The monoisotopic (exact) mass is 216 g/mol. The van der Waals surface area contributed by atoms with Gasteiger partial charge in [0, 0.05) is 5.69 Å². The van der Waals surface area contributed by atoms with Crippen molar-refractivity contribution in [3.8, 4) is 6.07 Å². The van der Waals surface area contributed by atoms with E-state index in [9.17, 15) is 4.79 Å². The van der Waals surface area contributed by atoms with Crippen molar-refractivity contribution in [3.63, 3.8) is 0 Å². The Morgan fingerprint density at radius 3 is 3.00 bits per heavy atom. The summed E-state index contributed by atoms with van der Waals surface area (Å²) < 4.78 is 6.08. The quantitative estimate of drug-likeness (QED) is 0.655. The van der Waals surface area contributed by atoms with Crippen molar-refractivity contribution in [1.82, 2.24) is 14.6 Å². The Morgan fingerprint density at radius 1 is 1.62 bits per heavy atom. The highest BCUT2D eigenvalue weighted by atomic mass is 16.5. The van der Waals surface area contributed by atoms with Gasteiger partial charge in [-0.05, 0) is 13.0 Å². The van der Waals surface area contributed by atoms with Gasteiger partial charge in [-0.3, -0.25) is 0 Å². The Morgan fingerprint density at radius 2 is 2.38 bits per heavy atom. The number of ether oxygens (including phenoxy) is 1. The lowest BCUT2D eigenvalue weighted by molar-refractivity contribution is 0.0594. The summed E-state index contributed by atoms with van der Waals surface area (Å²) >= 11 is 0. The van der Waals surface area contributed by atoms with E-state index in [-0.39, 0.29) is 5.69 Å². The molecule has 6 heteroatoms. The molecule has 0 bridgehead atoms. The van der Waals surface area contributed by atoms with Crippen molar-refractivity contribution >= 4 is 11.6 Å². The molecular weight excluding hydrogens is 208 g/mol. The van der Waals surface area contributed by atoms with Crippen molar-refractivity contribution in [3.05, 3.63) is 29.2 Å². The first-order valence-corrected chi connectivity index (χ1v) is 4.51. The number of methoxy groups -OCH3 is 1. The molecule has 2 aromatic heterocycles. The number of hydrogen-bond acceptors (Lipinski definition) is 5. The number of fused-ring (bicyclic) bond motifs is 1. The van der Waals surface area contributed by atoms with E-state index < -0.39 is 5.97 Å². The second kappa shape index (κ2) is 3.62. The average molecular weight is 216 g/mol. The SMILES string of the molecule is COC(=O)c1cc(C)n2ncc(C#N)c2n1. The largest absolute Gasteiger partial charge is 0.464 e. The molecule has 16 heavy (non-hydrogen) atoms. The summed E-state index contributed by atoms with van der Waals surface area (Å²) in [6, 6.07) is 3.53. The highest BCUT2D eigenvalue weighted by molar-refractivity contribution is 5.88. The second-order valence-electron chi connectivity index (χ2n) is 3.18. The maximum Gasteiger partial charge on any atom is 0.356 e. The van der Waals surface area contributed by atoms with Gasteiger partial charge in [-0.25, -0.2) is 14.3 Å². The fourth-order valence-corrected chi connectivity index (χ4v) is 1.40. The molecule has 0 saturated carbocycles. The van der Waals surface area contributed by atoms with Crippen LogP contribution in [0.4, 0.5) is 0 Å².